The van der Waals surface area contributed by atoms with E-state index in [1.807, 2.05) is 26.0 Å². The van der Waals surface area contributed by atoms with Crippen LogP contribution in [0, 0.1) is 5.92 Å². The highest BCUT2D eigenvalue weighted by atomic mass is 16.5. The minimum absolute atomic E-state index is 0.122. The van der Waals surface area contributed by atoms with Gasteiger partial charge in [0, 0.05) is 23.1 Å². The van der Waals surface area contributed by atoms with Crippen molar-refractivity contribution in [2.45, 2.75) is 20.3 Å². The molecule has 148 valence electrons. The monoisotopic (exact) mass is 392 g/mol. The number of nitrogens with two attached hydrogens (primary N) is 1. The maximum Gasteiger partial charge on any atom is 0.561 e. The third-order valence-electron chi connectivity index (χ3n) is 4.36. The summed E-state index contributed by atoms with van der Waals surface area (Å²) >= 11 is 0. The van der Waals surface area contributed by atoms with Gasteiger partial charge in [-0.25, -0.2) is 0 Å². The fourth-order valence-electron chi connectivity index (χ4n) is 3.02. The summed E-state index contributed by atoms with van der Waals surface area (Å²) < 4.78 is 4.63. The molecule has 0 unspecified atom stereocenters. The Labute approximate surface area is 168 Å². The summed E-state index contributed by atoms with van der Waals surface area (Å²) in [6.07, 6.45) is 1.85. The highest BCUT2D eigenvalue weighted by Crippen LogP contribution is 2.31. The van der Waals surface area contributed by atoms with Crippen LogP contribution in [0.3, 0.4) is 0 Å². The van der Waals surface area contributed by atoms with E-state index in [2.05, 4.69) is 20.2 Å². The van der Waals surface area contributed by atoms with E-state index < -0.39 is 7.12 Å². The van der Waals surface area contributed by atoms with Gasteiger partial charge in [-0.05, 0) is 35.1 Å². The van der Waals surface area contributed by atoms with Crippen LogP contribution in [0.5, 0.6) is 0 Å². The van der Waals surface area contributed by atoms with Crippen LogP contribution in [-0.4, -0.2) is 34.7 Å². The van der Waals surface area contributed by atoms with Crippen molar-refractivity contribution in [3.05, 3.63) is 42.6 Å². The van der Waals surface area contributed by atoms with E-state index >= 15 is 0 Å². The predicted molar refractivity (Wildman–Crippen MR) is 112 cm³/mol. The first kappa shape index (κ1) is 20.3. The lowest BCUT2D eigenvalue weighted by Crippen LogP contribution is -2.33. The van der Waals surface area contributed by atoms with E-state index in [1.54, 1.807) is 24.3 Å². The molecule has 3 rings (SSSR count). The Kier molecular flexibility index (Phi) is 6.09. The third kappa shape index (κ3) is 4.70. The number of benzene rings is 2. The summed E-state index contributed by atoms with van der Waals surface area (Å²) in [7, 11) is -1.41. The Hall–Kier alpha value is -3.46. The van der Waals surface area contributed by atoms with Gasteiger partial charge in [0.1, 0.15) is 0 Å². The van der Waals surface area contributed by atoms with Gasteiger partial charge in [0.05, 0.1) is 17.4 Å². The van der Waals surface area contributed by atoms with Crippen molar-refractivity contribution in [3.63, 3.8) is 0 Å². The predicted octanol–water partition coefficient (Wildman–Crippen LogP) is 1.72. The SMILES string of the molecule is CC(C)CC(=O)Nc1ccc(B(O)OC=O)cc1-c1ccc2c(N)cnnc2c1. The number of nitrogens with one attached hydrogen (secondary N) is 1. The zero-order valence-electron chi connectivity index (χ0n) is 16.1. The molecule has 0 aliphatic rings. The van der Waals surface area contributed by atoms with E-state index in [1.165, 1.54) is 6.20 Å². The van der Waals surface area contributed by atoms with Crippen LogP contribution in [0.1, 0.15) is 20.3 Å². The van der Waals surface area contributed by atoms with Gasteiger partial charge in [-0.1, -0.05) is 32.0 Å². The quantitative estimate of drug-likeness (QED) is 0.413. The molecule has 0 atom stereocenters. The number of aromatic nitrogens is 2. The maximum atomic E-state index is 12.3. The summed E-state index contributed by atoms with van der Waals surface area (Å²) in [5.41, 5.74) is 9.35. The lowest BCUT2D eigenvalue weighted by atomic mass is 9.78. The summed E-state index contributed by atoms with van der Waals surface area (Å²) in [5.74, 6) is 0.0861. The molecule has 0 fully saturated rings. The number of hydrogen-bond acceptors (Lipinski definition) is 7. The van der Waals surface area contributed by atoms with E-state index in [0.29, 0.717) is 34.3 Å². The van der Waals surface area contributed by atoms with Gasteiger partial charge >= 0.3 is 7.12 Å². The number of amides is 1. The van der Waals surface area contributed by atoms with Crippen LogP contribution < -0.4 is 16.5 Å². The third-order valence-corrected chi connectivity index (χ3v) is 4.36. The summed E-state index contributed by atoms with van der Waals surface area (Å²) in [5, 5.41) is 21.7. The van der Waals surface area contributed by atoms with Crippen LogP contribution in [0.25, 0.3) is 22.0 Å². The van der Waals surface area contributed by atoms with E-state index in [4.69, 9.17) is 5.73 Å². The minimum Gasteiger partial charge on any atom is -0.508 e. The zero-order valence-corrected chi connectivity index (χ0v) is 16.1. The number of hydrogen-bond donors (Lipinski definition) is 3. The second kappa shape index (κ2) is 8.70. The molecule has 0 radical (unpaired) electrons. The van der Waals surface area contributed by atoms with Crippen molar-refractivity contribution >= 4 is 47.2 Å². The number of anilines is 2. The Morgan fingerprint density at radius 3 is 2.83 bits per heavy atom. The van der Waals surface area contributed by atoms with E-state index in [-0.39, 0.29) is 18.3 Å². The molecule has 3 aromatic rings. The lowest BCUT2D eigenvalue weighted by molar-refractivity contribution is -0.121. The Bertz CT molecular complexity index is 1060. The number of rotatable bonds is 7. The van der Waals surface area contributed by atoms with Crippen LogP contribution >= 0.6 is 0 Å². The molecule has 2 aromatic carbocycles. The fourth-order valence-corrected chi connectivity index (χ4v) is 3.02. The van der Waals surface area contributed by atoms with Crippen molar-refractivity contribution in [2.24, 2.45) is 5.92 Å². The van der Waals surface area contributed by atoms with Crippen molar-refractivity contribution in [1.82, 2.24) is 10.2 Å². The van der Waals surface area contributed by atoms with Crippen LogP contribution in [0.2, 0.25) is 0 Å². The van der Waals surface area contributed by atoms with E-state index in [9.17, 15) is 14.6 Å². The number of nitrogen functional groups attached to an aromatic ring is 1. The van der Waals surface area contributed by atoms with Gasteiger partial charge in [-0.15, -0.1) is 0 Å². The van der Waals surface area contributed by atoms with Gasteiger partial charge in [-0.3, -0.25) is 9.59 Å². The second-order valence-electron chi connectivity index (χ2n) is 7.07. The average molecular weight is 392 g/mol. The van der Waals surface area contributed by atoms with Gasteiger partial charge in [0.2, 0.25) is 5.91 Å². The maximum absolute atomic E-state index is 12.3. The van der Waals surface area contributed by atoms with Gasteiger partial charge in [0.15, 0.2) is 0 Å². The molecule has 0 saturated heterocycles. The molecule has 9 heteroatoms. The van der Waals surface area contributed by atoms with Crippen molar-refractivity contribution in [3.8, 4) is 11.1 Å². The van der Waals surface area contributed by atoms with Gasteiger partial charge in [0.25, 0.3) is 6.47 Å². The first-order valence-corrected chi connectivity index (χ1v) is 9.11. The molecule has 0 saturated carbocycles. The molecule has 1 amide bonds. The van der Waals surface area contributed by atoms with Crippen LogP contribution in [-0.2, 0) is 14.2 Å². The van der Waals surface area contributed by atoms with Crippen molar-refractivity contribution in [1.29, 1.82) is 0 Å². The largest absolute Gasteiger partial charge is 0.561 e. The van der Waals surface area contributed by atoms with Crippen molar-refractivity contribution in [2.75, 3.05) is 11.1 Å². The molecule has 0 bridgehead atoms. The van der Waals surface area contributed by atoms with Gasteiger partial charge < -0.3 is 20.7 Å². The van der Waals surface area contributed by atoms with Crippen molar-refractivity contribution < 1.29 is 19.3 Å². The number of carbonyl (C=O) groups is 2. The summed E-state index contributed by atoms with van der Waals surface area (Å²) in [6, 6.07) is 10.4. The number of fused-ring (bicyclic) bond motifs is 1. The first-order valence-electron chi connectivity index (χ1n) is 9.11. The normalized spacial score (nSPS) is 10.8. The standard InChI is InChI=1S/C20H21BN4O4/c1-12(2)7-20(27)24-18-6-4-14(21(28)29-11-26)9-16(18)13-3-5-15-17(22)10-23-25-19(15)8-13/h3-6,8-12,28H,7H2,1-2H3,(H2,22,25)(H,24,27). The van der Waals surface area contributed by atoms with Crippen LogP contribution in [0.4, 0.5) is 11.4 Å². The topological polar surface area (TPSA) is 127 Å². The molecule has 1 heterocycles. The van der Waals surface area contributed by atoms with Crippen LogP contribution in [0.15, 0.2) is 42.6 Å². The molecule has 0 aliphatic carbocycles. The van der Waals surface area contributed by atoms with Gasteiger partial charge in [-0.2, -0.15) is 10.2 Å². The average Bonchev–Trinajstić information content (AvgIpc) is 2.67. The minimum atomic E-state index is -1.41. The molecular weight excluding hydrogens is 371 g/mol. The molecule has 1 aromatic heterocycles. The molecule has 29 heavy (non-hydrogen) atoms. The smallest absolute Gasteiger partial charge is 0.508 e. The molecule has 4 N–H and O–H groups in total. The van der Waals surface area contributed by atoms with E-state index in [0.717, 1.165) is 10.9 Å². The second-order valence-corrected chi connectivity index (χ2v) is 7.07. The summed E-state index contributed by atoms with van der Waals surface area (Å²) in [4.78, 5) is 22.9. The molecule has 0 spiro atoms. The lowest BCUT2D eigenvalue weighted by Gasteiger charge is -2.15. The number of carbonyl (C=O) groups excluding carboxylic acids is 2. The molecule has 0 aliphatic heterocycles. The highest BCUT2D eigenvalue weighted by Gasteiger charge is 2.21. The first-order chi connectivity index (χ1) is 13.9. The molecular formula is C20H21BN4O4. The highest BCUT2D eigenvalue weighted by molar-refractivity contribution is 6.61. The fraction of sp³-hybridized carbons (Fsp3) is 0.200. The summed E-state index contributed by atoms with van der Waals surface area (Å²) in [6.45, 7) is 4.10. The zero-order chi connectivity index (χ0) is 21.0. The Balaban J connectivity index is 2.08. The number of nitrogens with zero attached hydrogens (tertiary/aromatic N) is 2. The Morgan fingerprint density at radius 1 is 1.31 bits per heavy atom. The molecule has 8 nitrogen and oxygen atoms in total. The Morgan fingerprint density at radius 2 is 2.10 bits per heavy atom.